The molecule has 0 aromatic heterocycles. The van der Waals surface area contributed by atoms with E-state index in [0.29, 0.717) is 12.1 Å². The summed E-state index contributed by atoms with van der Waals surface area (Å²) in [6, 6.07) is 0.692. The predicted molar refractivity (Wildman–Crippen MR) is 48.9 cm³/mol. The van der Waals surface area contributed by atoms with E-state index in [1.54, 1.807) is 13.8 Å². The summed E-state index contributed by atoms with van der Waals surface area (Å²) in [6.45, 7) is 3.35. The fraction of sp³-hybridized carbons (Fsp3) is 0.300. The minimum absolute atomic E-state index is 0.204. The van der Waals surface area contributed by atoms with Gasteiger partial charge in [0.05, 0.1) is 5.56 Å². The van der Waals surface area contributed by atoms with Crippen LogP contribution in [-0.2, 0) is 0 Å². The van der Waals surface area contributed by atoms with E-state index in [1.807, 2.05) is 0 Å². The summed E-state index contributed by atoms with van der Waals surface area (Å²) >= 11 is 0. The van der Waals surface area contributed by atoms with E-state index >= 15 is 0 Å². The molecule has 0 bridgehead atoms. The molecular formula is C10H10F3NO. The van der Waals surface area contributed by atoms with Gasteiger partial charge in [-0.25, -0.2) is 13.2 Å². The van der Waals surface area contributed by atoms with E-state index in [1.165, 1.54) is 0 Å². The number of rotatable bonds is 2. The molecule has 1 N–H and O–H groups in total. The van der Waals surface area contributed by atoms with Crippen LogP contribution in [0.25, 0.3) is 0 Å². The zero-order valence-corrected chi connectivity index (χ0v) is 8.27. The maximum absolute atomic E-state index is 13.1. The van der Waals surface area contributed by atoms with Gasteiger partial charge in [0.1, 0.15) is 5.82 Å². The molecule has 0 radical (unpaired) electrons. The standard InChI is InChI=1S/C10H10F3NO/c1-5(2)14-10(15)6-3-8(12)9(13)4-7(6)11/h3-5H,1-2H3,(H,14,15). The molecule has 0 fully saturated rings. The zero-order valence-electron chi connectivity index (χ0n) is 8.27. The van der Waals surface area contributed by atoms with Crippen LogP contribution in [0.3, 0.4) is 0 Å². The summed E-state index contributed by atoms with van der Waals surface area (Å²) in [5.41, 5.74) is -0.498. The smallest absolute Gasteiger partial charge is 0.254 e. The third-order valence-electron chi connectivity index (χ3n) is 1.67. The average Bonchev–Trinajstić information content (AvgIpc) is 2.09. The molecule has 0 aliphatic rings. The third kappa shape index (κ3) is 2.71. The topological polar surface area (TPSA) is 29.1 Å². The Labute approximate surface area is 85.1 Å². The van der Waals surface area contributed by atoms with Gasteiger partial charge in [0, 0.05) is 12.1 Å². The lowest BCUT2D eigenvalue weighted by molar-refractivity contribution is 0.0938. The highest BCUT2D eigenvalue weighted by Crippen LogP contribution is 2.13. The Hall–Kier alpha value is -1.52. The first-order chi connectivity index (χ1) is 6.91. The van der Waals surface area contributed by atoms with Crippen molar-refractivity contribution in [3.05, 3.63) is 35.1 Å². The van der Waals surface area contributed by atoms with Crippen molar-refractivity contribution >= 4 is 5.91 Å². The van der Waals surface area contributed by atoms with Crippen LogP contribution in [0.1, 0.15) is 24.2 Å². The Morgan fingerprint density at radius 3 is 2.20 bits per heavy atom. The molecule has 0 unspecified atom stereocenters. The van der Waals surface area contributed by atoms with Crippen LogP contribution in [0.4, 0.5) is 13.2 Å². The molecule has 82 valence electrons. The van der Waals surface area contributed by atoms with E-state index in [0.717, 1.165) is 0 Å². The summed E-state index contributed by atoms with van der Waals surface area (Å²) < 4.78 is 38.3. The lowest BCUT2D eigenvalue weighted by atomic mass is 10.1. The fourth-order valence-corrected chi connectivity index (χ4v) is 1.04. The first kappa shape index (κ1) is 11.6. The Balaban J connectivity index is 3.04. The van der Waals surface area contributed by atoms with Crippen LogP contribution in [0.2, 0.25) is 0 Å². The maximum Gasteiger partial charge on any atom is 0.254 e. The minimum atomic E-state index is -1.31. The Morgan fingerprint density at radius 2 is 1.67 bits per heavy atom. The number of halogens is 3. The first-order valence-electron chi connectivity index (χ1n) is 4.37. The second kappa shape index (κ2) is 4.33. The Morgan fingerprint density at radius 1 is 1.13 bits per heavy atom. The van der Waals surface area contributed by atoms with Crippen LogP contribution in [-0.4, -0.2) is 11.9 Å². The molecule has 0 aliphatic heterocycles. The van der Waals surface area contributed by atoms with Crippen LogP contribution in [0, 0.1) is 17.5 Å². The van der Waals surface area contributed by atoms with Crippen LogP contribution in [0.15, 0.2) is 12.1 Å². The normalized spacial score (nSPS) is 10.5. The van der Waals surface area contributed by atoms with Crippen LogP contribution < -0.4 is 5.32 Å². The molecule has 0 heterocycles. The molecule has 0 saturated carbocycles. The molecule has 5 heteroatoms. The lowest BCUT2D eigenvalue weighted by Gasteiger charge is -2.09. The number of nitrogens with one attached hydrogen (secondary N) is 1. The van der Waals surface area contributed by atoms with E-state index in [-0.39, 0.29) is 6.04 Å². The first-order valence-corrected chi connectivity index (χ1v) is 4.37. The van der Waals surface area contributed by atoms with Gasteiger partial charge in [0.2, 0.25) is 0 Å². The fourth-order valence-electron chi connectivity index (χ4n) is 1.04. The summed E-state index contributed by atoms with van der Waals surface area (Å²) in [5.74, 6) is -4.40. The average molecular weight is 217 g/mol. The zero-order chi connectivity index (χ0) is 11.6. The molecule has 1 amide bonds. The molecule has 1 aromatic carbocycles. The second-order valence-electron chi connectivity index (χ2n) is 3.37. The number of carbonyl (C=O) groups excluding carboxylic acids is 1. The molecule has 0 atom stereocenters. The number of amides is 1. The highest BCUT2D eigenvalue weighted by molar-refractivity contribution is 5.94. The van der Waals surface area contributed by atoms with E-state index in [2.05, 4.69) is 5.32 Å². The highest BCUT2D eigenvalue weighted by Gasteiger charge is 2.16. The molecule has 0 spiro atoms. The van der Waals surface area contributed by atoms with E-state index in [4.69, 9.17) is 0 Å². The van der Waals surface area contributed by atoms with Crippen molar-refractivity contribution in [1.29, 1.82) is 0 Å². The predicted octanol–water partition coefficient (Wildman–Crippen LogP) is 2.24. The van der Waals surface area contributed by atoms with Crippen molar-refractivity contribution in [3.63, 3.8) is 0 Å². The van der Waals surface area contributed by atoms with Crippen LogP contribution in [0.5, 0.6) is 0 Å². The lowest BCUT2D eigenvalue weighted by Crippen LogP contribution is -2.30. The molecule has 1 rings (SSSR count). The van der Waals surface area contributed by atoms with E-state index in [9.17, 15) is 18.0 Å². The molecular weight excluding hydrogens is 207 g/mol. The third-order valence-corrected chi connectivity index (χ3v) is 1.67. The van der Waals surface area contributed by atoms with Gasteiger partial charge in [-0.05, 0) is 19.9 Å². The van der Waals surface area contributed by atoms with Crippen molar-refractivity contribution in [2.75, 3.05) is 0 Å². The SMILES string of the molecule is CC(C)NC(=O)c1cc(F)c(F)cc1F. The molecule has 0 aliphatic carbocycles. The number of benzene rings is 1. The quantitative estimate of drug-likeness (QED) is 0.756. The van der Waals surface area contributed by atoms with Gasteiger partial charge in [-0.15, -0.1) is 0 Å². The maximum atomic E-state index is 13.1. The van der Waals surface area contributed by atoms with Gasteiger partial charge in [-0.2, -0.15) is 0 Å². The second-order valence-corrected chi connectivity index (χ2v) is 3.37. The summed E-state index contributed by atoms with van der Waals surface area (Å²) in [6.07, 6.45) is 0. The van der Waals surface area contributed by atoms with Crippen LogP contribution >= 0.6 is 0 Å². The molecule has 0 saturated heterocycles. The molecule has 1 aromatic rings. The van der Waals surface area contributed by atoms with Gasteiger partial charge in [0.15, 0.2) is 11.6 Å². The summed E-state index contributed by atoms with van der Waals surface area (Å²) in [7, 11) is 0. The minimum Gasteiger partial charge on any atom is -0.350 e. The molecule has 15 heavy (non-hydrogen) atoms. The summed E-state index contributed by atoms with van der Waals surface area (Å²) in [4.78, 5) is 11.3. The Kier molecular flexibility index (Phi) is 3.34. The van der Waals surface area contributed by atoms with Crippen molar-refractivity contribution in [2.24, 2.45) is 0 Å². The summed E-state index contributed by atoms with van der Waals surface area (Å²) in [5, 5.41) is 2.38. The highest BCUT2D eigenvalue weighted by atomic mass is 19.2. The van der Waals surface area contributed by atoms with Crippen molar-refractivity contribution in [3.8, 4) is 0 Å². The number of carbonyl (C=O) groups is 1. The monoisotopic (exact) mass is 217 g/mol. The number of hydrogen-bond donors (Lipinski definition) is 1. The van der Waals surface area contributed by atoms with Gasteiger partial charge < -0.3 is 5.32 Å². The van der Waals surface area contributed by atoms with Crippen molar-refractivity contribution in [1.82, 2.24) is 5.32 Å². The van der Waals surface area contributed by atoms with Gasteiger partial charge in [0.25, 0.3) is 5.91 Å². The number of hydrogen-bond acceptors (Lipinski definition) is 1. The van der Waals surface area contributed by atoms with E-state index < -0.39 is 28.9 Å². The van der Waals surface area contributed by atoms with Gasteiger partial charge in [-0.3, -0.25) is 4.79 Å². The van der Waals surface area contributed by atoms with Crippen molar-refractivity contribution in [2.45, 2.75) is 19.9 Å². The molecule has 2 nitrogen and oxygen atoms in total. The van der Waals surface area contributed by atoms with Gasteiger partial charge in [-0.1, -0.05) is 0 Å². The van der Waals surface area contributed by atoms with Gasteiger partial charge >= 0.3 is 0 Å². The van der Waals surface area contributed by atoms with Crippen molar-refractivity contribution < 1.29 is 18.0 Å². The largest absolute Gasteiger partial charge is 0.350 e. The Bertz CT molecular complexity index is 390.